The smallest absolute Gasteiger partial charge is 0.223 e. The minimum atomic E-state index is -2.23. The quantitative estimate of drug-likeness (QED) is 0.124. The number of methoxy groups -OCH3 is 1. The zero-order valence-corrected chi connectivity index (χ0v) is 29.6. The molecule has 1 heterocycles. The maximum atomic E-state index is 13.1. The number of nitrogens with one attached hydrogen (secondary N) is 1. The number of rotatable bonds is 22. The van der Waals surface area contributed by atoms with Gasteiger partial charge >= 0.3 is 0 Å². The fraction of sp³-hybridized carbons (Fsp3) is 0.765. The fourth-order valence-corrected chi connectivity index (χ4v) is 5.75. The zero-order valence-electron chi connectivity index (χ0n) is 28.8. The van der Waals surface area contributed by atoms with Crippen molar-refractivity contribution in [2.45, 2.75) is 78.9 Å². The Morgan fingerprint density at radius 1 is 1.04 bits per heavy atom. The monoisotopic (exact) mass is 669 g/mol. The van der Waals surface area contributed by atoms with E-state index in [1.165, 1.54) is 0 Å². The number of amides is 1. The largest absolute Gasteiger partial charge is 0.490 e. The molecule has 4 atom stereocenters. The molecule has 46 heavy (non-hydrogen) atoms. The molecule has 1 aliphatic heterocycles. The lowest BCUT2D eigenvalue weighted by Gasteiger charge is -2.30. The number of hydrogen-bond acceptors (Lipinski definition) is 10. The molecule has 1 amide bonds. The molecule has 1 aromatic rings. The molecule has 1 fully saturated rings. The van der Waals surface area contributed by atoms with Gasteiger partial charge in [0.2, 0.25) is 16.2 Å². The Morgan fingerprint density at radius 2 is 1.74 bits per heavy atom. The first-order valence-corrected chi connectivity index (χ1v) is 17.8. The molecule has 0 radical (unpaired) electrons. The molecule has 2 rings (SSSR count). The highest BCUT2D eigenvalue weighted by Gasteiger charge is 2.30. The fourth-order valence-electron chi connectivity index (χ4n) is 5.50. The number of carbonyl (C=O) groups excluding carboxylic acids is 1. The lowest BCUT2D eigenvalue weighted by Crippen LogP contribution is -2.45. The van der Waals surface area contributed by atoms with E-state index in [1.54, 1.807) is 14.0 Å². The van der Waals surface area contributed by atoms with Crippen LogP contribution < -0.4 is 20.5 Å². The first kappa shape index (κ1) is 40.0. The van der Waals surface area contributed by atoms with Crippen LogP contribution in [0.25, 0.3) is 0 Å². The van der Waals surface area contributed by atoms with E-state index in [0.717, 1.165) is 44.8 Å². The van der Waals surface area contributed by atoms with Crippen molar-refractivity contribution in [1.82, 2.24) is 10.2 Å². The molecule has 12 heteroatoms. The van der Waals surface area contributed by atoms with E-state index in [2.05, 4.69) is 24.1 Å². The van der Waals surface area contributed by atoms with Crippen molar-refractivity contribution < 1.29 is 37.3 Å². The summed E-state index contributed by atoms with van der Waals surface area (Å²) in [7, 11) is -0.581. The van der Waals surface area contributed by atoms with Crippen LogP contribution in [0.4, 0.5) is 0 Å². The second kappa shape index (κ2) is 21.6. The van der Waals surface area contributed by atoms with E-state index in [-0.39, 0.29) is 30.3 Å². The van der Waals surface area contributed by atoms with E-state index in [4.69, 9.17) is 24.7 Å². The Kier molecular flexibility index (Phi) is 18.8. The van der Waals surface area contributed by atoms with Crippen LogP contribution in [0.5, 0.6) is 11.5 Å². The number of ether oxygens (including phenoxy) is 4. The Bertz CT molecular complexity index is 1160. The van der Waals surface area contributed by atoms with Gasteiger partial charge in [-0.3, -0.25) is 9.69 Å². The molecular weight excluding hydrogens is 610 g/mol. The van der Waals surface area contributed by atoms with Crippen LogP contribution >= 0.6 is 0 Å². The lowest BCUT2D eigenvalue weighted by atomic mass is 9.81. The van der Waals surface area contributed by atoms with Gasteiger partial charge in [0.25, 0.3) is 0 Å². The molecule has 4 N–H and O–H groups in total. The number of nitrogens with zero attached hydrogens (tertiary/aromatic N) is 1. The minimum Gasteiger partial charge on any atom is -0.490 e. The summed E-state index contributed by atoms with van der Waals surface area (Å²) in [5.41, 5.74) is 7.66. The molecule has 11 nitrogen and oxygen atoms in total. The number of morpholine rings is 1. The van der Waals surface area contributed by atoms with Crippen molar-refractivity contribution in [1.29, 1.82) is 0 Å². The highest BCUT2D eigenvalue weighted by Crippen LogP contribution is 2.32. The highest BCUT2D eigenvalue weighted by atomic mass is 32.2. The highest BCUT2D eigenvalue weighted by molar-refractivity contribution is 7.72. The predicted molar refractivity (Wildman–Crippen MR) is 182 cm³/mol. The summed E-state index contributed by atoms with van der Waals surface area (Å²) in [6.07, 6.45) is 1.85. The number of benzene rings is 1. The van der Waals surface area contributed by atoms with Crippen molar-refractivity contribution >= 4 is 21.1 Å². The SMILES string of the molecule is COCCCOc1cc(C[C@@H](C[C@H](N)[C@@H](O)C[C@H](C(=O)NCCN2CCOCC2)C(C)C)C(C)C)ccc1OCCC(C)=S(=O)=O. The normalized spacial score (nSPS) is 16.6. The maximum Gasteiger partial charge on any atom is 0.223 e. The van der Waals surface area contributed by atoms with E-state index in [9.17, 15) is 18.3 Å². The first-order valence-electron chi connectivity index (χ1n) is 16.7. The van der Waals surface area contributed by atoms with Crippen molar-refractivity contribution in [3.8, 4) is 11.5 Å². The summed E-state index contributed by atoms with van der Waals surface area (Å²) in [5, 5.41) is 14.2. The van der Waals surface area contributed by atoms with E-state index < -0.39 is 22.4 Å². The third-order valence-electron chi connectivity index (χ3n) is 8.73. The van der Waals surface area contributed by atoms with Gasteiger partial charge in [-0.25, -0.2) is 0 Å². The summed E-state index contributed by atoms with van der Waals surface area (Å²) < 4.78 is 44.8. The Labute approximate surface area is 278 Å². The Morgan fingerprint density at radius 3 is 2.37 bits per heavy atom. The van der Waals surface area contributed by atoms with Gasteiger partial charge in [-0.1, -0.05) is 33.8 Å². The molecular formula is C34H59N3O8S. The third-order valence-corrected chi connectivity index (χ3v) is 9.51. The molecule has 0 aliphatic carbocycles. The third kappa shape index (κ3) is 14.7. The number of hydrogen-bond donors (Lipinski definition) is 3. The molecule has 264 valence electrons. The van der Waals surface area contributed by atoms with Crippen LogP contribution in [0.15, 0.2) is 18.2 Å². The molecule has 1 aliphatic rings. The minimum absolute atomic E-state index is 0.0374. The number of aliphatic hydroxyl groups excluding tert-OH is 1. The predicted octanol–water partition coefficient (Wildman–Crippen LogP) is 2.95. The number of carbonyl (C=O) groups is 1. The summed E-state index contributed by atoms with van der Waals surface area (Å²) in [4.78, 5) is 15.7. The molecule has 1 saturated heterocycles. The molecule has 0 aromatic heterocycles. The van der Waals surface area contributed by atoms with Gasteiger partial charge in [0.05, 0.1) is 32.5 Å². The van der Waals surface area contributed by atoms with Crippen molar-refractivity contribution in [2.24, 2.45) is 29.4 Å². The number of nitrogens with two attached hydrogens (primary N) is 1. The standard InChI is InChI=1S/C34H59N3O8S/c1-24(2)28(20-27-8-9-32(45-17-10-26(5)46(40)41)33(21-27)44-16-7-15-42-6)22-30(35)31(38)23-29(25(3)4)34(39)36-11-12-37-13-18-43-19-14-37/h8-9,21,24-25,28-31,38H,7,10-20,22-23,35H2,1-6H3,(H,36,39)/t28-,29-,30-,31-/m0/s1. The van der Waals surface area contributed by atoms with Crippen molar-refractivity contribution in [3.05, 3.63) is 23.8 Å². The zero-order chi connectivity index (χ0) is 34.1. The van der Waals surface area contributed by atoms with Gasteiger partial charge in [-0.15, -0.1) is 0 Å². The summed E-state index contributed by atoms with van der Waals surface area (Å²) in [5.74, 6) is 1.34. The average molecular weight is 670 g/mol. The van der Waals surface area contributed by atoms with Gasteiger partial charge < -0.3 is 35.1 Å². The lowest BCUT2D eigenvalue weighted by molar-refractivity contribution is -0.127. The molecule has 0 spiro atoms. The molecule has 0 bridgehead atoms. The Hall–Kier alpha value is -2.22. The van der Waals surface area contributed by atoms with Crippen molar-refractivity contribution in [3.63, 3.8) is 0 Å². The topological polar surface area (TPSA) is 150 Å². The first-order chi connectivity index (χ1) is 21.9. The van der Waals surface area contributed by atoms with Gasteiger partial charge in [-0.2, -0.15) is 8.42 Å². The van der Waals surface area contributed by atoms with E-state index in [0.29, 0.717) is 67.7 Å². The van der Waals surface area contributed by atoms with Crippen LogP contribution in [0.2, 0.25) is 0 Å². The summed E-state index contributed by atoms with van der Waals surface area (Å²) in [6.45, 7) is 15.7. The van der Waals surface area contributed by atoms with E-state index >= 15 is 0 Å². The van der Waals surface area contributed by atoms with Gasteiger partial charge in [0, 0.05) is 69.6 Å². The summed E-state index contributed by atoms with van der Waals surface area (Å²) in [6, 6.07) is 5.35. The maximum absolute atomic E-state index is 13.1. The average Bonchev–Trinajstić information content (AvgIpc) is 3.02. The molecule has 0 unspecified atom stereocenters. The van der Waals surface area contributed by atoms with Crippen molar-refractivity contribution in [2.75, 3.05) is 66.3 Å². The number of aliphatic hydroxyl groups is 1. The molecule has 0 saturated carbocycles. The second-order valence-corrected chi connectivity index (χ2v) is 14.2. The molecule has 1 aromatic carbocycles. The van der Waals surface area contributed by atoms with Crippen LogP contribution in [-0.2, 0) is 31.0 Å². The van der Waals surface area contributed by atoms with Crippen LogP contribution in [0.1, 0.15) is 65.9 Å². The van der Waals surface area contributed by atoms with Gasteiger partial charge in [0.15, 0.2) is 11.5 Å². The summed E-state index contributed by atoms with van der Waals surface area (Å²) >= 11 is 0. The van der Waals surface area contributed by atoms with Crippen LogP contribution in [-0.4, -0.2) is 108 Å². The van der Waals surface area contributed by atoms with Crippen LogP contribution in [0, 0.1) is 23.7 Å². The van der Waals surface area contributed by atoms with Gasteiger partial charge in [-0.05, 0) is 61.6 Å². The second-order valence-electron chi connectivity index (χ2n) is 13.0. The van der Waals surface area contributed by atoms with Crippen LogP contribution in [0.3, 0.4) is 0 Å². The Balaban J connectivity index is 2.03. The van der Waals surface area contributed by atoms with E-state index in [1.807, 2.05) is 32.0 Å². The van der Waals surface area contributed by atoms with Gasteiger partial charge in [0.1, 0.15) is 0 Å².